The number of nitrogens with one attached hydrogen (secondary N) is 1. The van der Waals surface area contributed by atoms with E-state index >= 15 is 0 Å². The number of H-pyrrole nitrogens is 1. The molecular weight excluding hydrogens is 524 g/mol. The summed E-state index contributed by atoms with van der Waals surface area (Å²) in [5, 5.41) is 11.7. The van der Waals surface area contributed by atoms with Crippen molar-refractivity contribution < 1.29 is 0 Å². The first-order valence-corrected chi connectivity index (χ1v) is 14.5. The van der Waals surface area contributed by atoms with Crippen molar-refractivity contribution in [2.24, 2.45) is 0 Å². The Morgan fingerprint density at radius 2 is 0.953 bits per heavy atom. The number of aromatic amines is 1. The predicted octanol–water partition coefficient (Wildman–Crippen LogP) is 9.08. The van der Waals surface area contributed by atoms with Crippen LogP contribution in [0.4, 0.5) is 0 Å². The number of hydrogen-bond acceptors (Lipinski definition) is 2. The van der Waals surface area contributed by atoms with Gasteiger partial charge in [0.25, 0.3) is 0 Å². The molecule has 0 atom stereocenters. The fourth-order valence-electron chi connectivity index (χ4n) is 5.77. The lowest BCUT2D eigenvalue weighted by Gasteiger charge is -2.36. The molecule has 0 saturated heterocycles. The smallest absolute Gasteiger partial charge is 0.138 e. The van der Waals surface area contributed by atoms with Crippen molar-refractivity contribution in [1.82, 2.24) is 20.0 Å². The molecule has 0 unspecified atom stereocenters. The number of nitrogens with zero attached hydrogens (tertiary/aromatic N) is 3. The molecule has 1 N–H and O–H groups in total. The fraction of sp³-hybridized carbons (Fsp3) is 0.0769. The lowest BCUT2D eigenvalue weighted by atomic mass is 9.77. The summed E-state index contributed by atoms with van der Waals surface area (Å²) in [5.41, 5.74) is 10.2. The Labute approximate surface area is 253 Å². The Kier molecular flexibility index (Phi) is 8.10. The summed E-state index contributed by atoms with van der Waals surface area (Å²) in [5.74, 6) is 0. The molecule has 0 saturated carbocycles. The van der Waals surface area contributed by atoms with E-state index in [9.17, 15) is 0 Å². The Hall–Kier alpha value is -5.48. The number of rotatable bonds is 6. The van der Waals surface area contributed by atoms with E-state index in [1.54, 1.807) is 0 Å². The normalized spacial score (nSPS) is 11.0. The quantitative estimate of drug-likeness (QED) is 0.207. The minimum Gasteiger partial charge on any atom is -0.285 e. The highest BCUT2D eigenvalue weighted by atomic mass is 15.3. The van der Waals surface area contributed by atoms with Gasteiger partial charge in [0.15, 0.2) is 0 Å². The minimum absolute atomic E-state index is 0.579. The number of aromatic nitrogens is 4. The summed E-state index contributed by atoms with van der Waals surface area (Å²) in [7, 11) is 0. The molecule has 7 rings (SSSR count). The molecule has 43 heavy (non-hydrogen) atoms. The van der Waals surface area contributed by atoms with Gasteiger partial charge in [0, 0.05) is 23.5 Å². The van der Waals surface area contributed by atoms with Crippen LogP contribution >= 0.6 is 0 Å². The summed E-state index contributed by atoms with van der Waals surface area (Å²) >= 11 is 0. The van der Waals surface area contributed by atoms with Gasteiger partial charge in [-0.15, -0.1) is 0 Å². The third kappa shape index (κ3) is 5.55. The Bertz CT molecular complexity index is 1780. The van der Waals surface area contributed by atoms with Crippen LogP contribution in [0.3, 0.4) is 0 Å². The van der Waals surface area contributed by atoms with Crippen LogP contribution in [0, 0.1) is 13.8 Å². The summed E-state index contributed by atoms with van der Waals surface area (Å²) < 4.78 is 2.12. The largest absolute Gasteiger partial charge is 0.285 e. The van der Waals surface area contributed by atoms with Gasteiger partial charge in [-0.25, -0.2) is 0 Å². The SMILES string of the molecule is Cc1ccccc1-c1cn[nH]c1.Cc1ccccc1-c1cnn(C(c2ccccc2)(c2ccccc2)c2ccccc2)c1. The molecule has 4 heteroatoms. The summed E-state index contributed by atoms with van der Waals surface area (Å²) in [6, 6.07) is 48.7. The lowest BCUT2D eigenvalue weighted by molar-refractivity contribution is 0.460. The maximum atomic E-state index is 4.95. The Morgan fingerprint density at radius 1 is 0.512 bits per heavy atom. The van der Waals surface area contributed by atoms with Crippen molar-refractivity contribution in [2.45, 2.75) is 19.4 Å². The molecule has 5 aromatic carbocycles. The van der Waals surface area contributed by atoms with Gasteiger partial charge in [-0.05, 0) is 52.8 Å². The Morgan fingerprint density at radius 3 is 1.40 bits per heavy atom. The molecule has 0 aliphatic carbocycles. The van der Waals surface area contributed by atoms with E-state index in [1.165, 1.54) is 38.9 Å². The van der Waals surface area contributed by atoms with E-state index in [2.05, 4.69) is 162 Å². The molecule has 4 nitrogen and oxygen atoms in total. The van der Waals surface area contributed by atoms with Crippen molar-refractivity contribution in [3.05, 3.63) is 192 Å². The average molecular weight is 559 g/mol. The number of aryl methyl sites for hydroxylation is 2. The van der Waals surface area contributed by atoms with E-state index in [1.807, 2.05) is 30.7 Å². The standard InChI is InChI=1S/C29H24N2.C10H10N2/c1-23-13-11-12-20-28(23)24-21-30-31(22-24)29(25-14-5-2-6-15-25,26-16-7-3-8-17-26)27-18-9-4-10-19-27;1-8-4-2-3-5-10(8)9-6-11-12-7-9/h2-22H,1H3;2-7H,1H3,(H,11,12). The third-order valence-corrected chi connectivity index (χ3v) is 7.91. The van der Waals surface area contributed by atoms with E-state index in [-0.39, 0.29) is 0 Å². The first-order valence-electron chi connectivity index (χ1n) is 14.5. The zero-order valence-corrected chi connectivity index (χ0v) is 24.4. The van der Waals surface area contributed by atoms with Crippen molar-refractivity contribution >= 4 is 0 Å². The second-order valence-corrected chi connectivity index (χ2v) is 10.6. The van der Waals surface area contributed by atoms with Crippen LogP contribution in [0.15, 0.2) is 164 Å². The molecule has 0 amide bonds. The highest BCUT2D eigenvalue weighted by Gasteiger charge is 2.39. The molecule has 0 bridgehead atoms. The molecule has 7 aromatic rings. The molecule has 2 heterocycles. The van der Waals surface area contributed by atoms with E-state index in [4.69, 9.17) is 5.10 Å². The van der Waals surface area contributed by atoms with Gasteiger partial charge in [-0.2, -0.15) is 10.2 Å². The monoisotopic (exact) mass is 558 g/mol. The van der Waals surface area contributed by atoms with Crippen molar-refractivity contribution in [2.75, 3.05) is 0 Å². The molecule has 0 fully saturated rings. The third-order valence-electron chi connectivity index (χ3n) is 7.91. The molecule has 0 aliphatic heterocycles. The Balaban J connectivity index is 0.000000229. The maximum Gasteiger partial charge on any atom is 0.138 e. The highest BCUT2D eigenvalue weighted by molar-refractivity contribution is 5.66. The predicted molar refractivity (Wildman–Crippen MR) is 176 cm³/mol. The van der Waals surface area contributed by atoms with E-state index in [0.29, 0.717) is 0 Å². The molecule has 0 aliphatic rings. The van der Waals surface area contributed by atoms with Gasteiger partial charge >= 0.3 is 0 Å². The maximum absolute atomic E-state index is 4.95. The van der Waals surface area contributed by atoms with Gasteiger partial charge in [0.05, 0.1) is 12.4 Å². The molecule has 0 radical (unpaired) electrons. The molecule has 210 valence electrons. The van der Waals surface area contributed by atoms with Gasteiger partial charge in [0.2, 0.25) is 0 Å². The minimum atomic E-state index is -0.579. The lowest BCUT2D eigenvalue weighted by Crippen LogP contribution is -2.38. The van der Waals surface area contributed by atoms with Crippen molar-refractivity contribution in [1.29, 1.82) is 0 Å². The van der Waals surface area contributed by atoms with E-state index < -0.39 is 5.54 Å². The highest BCUT2D eigenvalue weighted by Crippen LogP contribution is 2.41. The number of hydrogen-bond donors (Lipinski definition) is 1. The van der Waals surface area contributed by atoms with Gasteiger partial charge in [-0.3, -0.25) is 9.78 Å². The second-order valence-electron chi connectivity index (χ2n) is 10.6. The summed E-state index contributed by atoms with van der Waals surface area (Å²) in [6.07, 6.45) is 7.89. The van der Waals surface area contributed by atoms with Crippen molar-refractivity contribution in [3.8, 4) is 22.3 Å². The van der Waals surface area contributed by atoms with Crippen LogP contribution in [0.1, 0.15) is 27.8 Å². The van der Waals surface area contributed by atoms with Crippen LogP contribution in [0.5, 0.6) is 0 Å². The van der Waals surface area contributed by atoms with Crippen LogP contribution < -0.4 is 0 Å². The second kappa shape index (κ2) is 12.6. The van der Waals surface area contributed by atoms with Gasteiger partial charge in [0.1, 0.15) is 5.54 Å². The fourth-order valence-corrected chi connectivity index (χ4v) is 5.77. The van der Waals surface area contributed by atoms with Crippen LogP contribution in [-0.4, -0.2) is 20.0 Å². The first kappa shape index (κ1) is 27.7. The zero-order valence-electron chi connectivity index (χ0n) is 24.4. The zero-order chi connectivity index (χ0) is 29.5. The van der Waals surface area contributed by atoms with Gasteiger partial charge < -0.3 is 0 Å². The van der Waals surface area contributed by atoms with Gasteiger partial charge in [-0.1, -0.05) is 140 Å². The molecule has 0 spiro atoms. The first-order chi connectivity index (χ1) is 21.2. The average Bonchev–Trinajstić information content (AvgIpc) is 3.78. The molecule has 2 aromatic heterocycles. The number of benzene rings is 5. The summed E-state index contributed by atoms with van der Waals surface area (Å²) in [4.78, 5) is 0. The van der Waals surface area contributed by atoms with Crippen molar-refractivity contribution in [3.63, 3.8) is 0 Å². The van der Waals surface area contributed by atoms with Crippen LogP contribution in [-0.2, 0) is 5.54 Å². The van der Waals surface area contributed by atoms with Crippen LogP contribution in [0.2, 0.25) is 0 Å². The topological polar surface area (TPSA) is 46.5 Å². The van der Waals surface area contributed by atoms with Crippen LogP contribution in [0.25, 0.3) is 22.3 Å². The van der Waals surface area contributed by atoms with E-state index in [0.717, 1.165) is 11.1 Å². The summed E-state index contributed by atoms with van der Waals surface area (Å²) in [6.45, 7) is 4.24. The molecular formula is C39H34N4.